The Hall–Kier alpha value is -3.20. The molecule has 1 aliphatic rings. The number of carbonyl (C=O) groups is 1. The molecule has 0 spiro atoms. The van der Waals surface area contributed by atoms with Gasteiger partial charge >= 0.3 is 0 Å². The second-order valence-corrected chi connectivity index (χ2v) is 8.25. The molecular weight excluding hydrogens is 370 g/mol. The summed E-state index contributed by atoms with van der Waals surface area (Å²) < 4.78 is 0. The summed E-state index contributed by atoms with van der Waals surface area (Å²) in [6.07, 6.45) is 1.40. The van der Waals surface area contributed by atoms with E-state index in [-0.39, 0.29) is 23.5 Å². The van der Waals surface area contributed by atoms with E-state index in [1.165, 1.54) is 0 Å². The van der Waals surface area contributed by atoms with Crippen LogP contribution in [0.1, 0.15) is 43.7 Å². The van der Waals surface area contributed by atoms with Gasteiger partial charge in [0.05, 0.1) is 5.57 Å². The molecule has 0 amide bonds. The summed E-state index contributed by atoms with van der Waals surface area (Å²) in [5.41, 5.74) is 3.31. The van der Waals surface area contributed by atoms with E-state index in [4.69, 9.17) is 4.99 Å². The first-order chi connectivity index (χ1) is 14.5. The van der Waals surface area contributed by atoms with Crippen LogP contribution >= 0.6 is 0 Å². The lowest BCUT2D eigenvalue weighted by Gasteiger charge is -2.26. The highest BCUT2D eigenvalue weighted by Gasteiger charge is 2.32. The molecule has 0 aliphatic heterocycles. The van der Waals surface area contributed by atoms with Crippen LogP contribution in [0.15, 0.2) is 89.1 Å². The molecule has 30 heavy (non-hydrogen) atoms. The van der Waals surface area contributed by atoms with Gasteiger partial charge in [-0.3, -0.25) is 9.79 Å². The van der Waals surface area contributed by atoms with E-state index in [0.717, 1.165) is 27.6 Å². The van der Waals surface area contributed by atoms with Crippen LogP contribution in [0, 0.1) is 0 Å². The second kappa shape index (κ2) is 8.66. The Morgan fingerprint density at radius 3 is 2.43 bits per heavy atom. The van der Waals surface area contributed by atoms with Gasteiger partial charge in [-0.25, -0.2) is 0 Å². The Bertz CT molecular complexity index is 1120. The standard InChI is InChI=1S/C27H27NO2/c1-18(2)28-24-15-22(19-9-4-3-5-10-19)17-26(30)27(24)25(29)16-21-13-8-12-20-11-6-7-14-23(20)21/h3-14,18,22,29H,15-17H2,1-2H3/b27-25-,28-24?. The summed E-state index contributed by atoms with van der Waals surface area (Å²) in [4.78, 5) is 17.9. The van der Waals surface area contributed by atoms with Crippen LogP contribution in [0.3, 0.4) is 0 Å². The summed E-state index contributed by atoms with van der Waals surface area (Å²) in [5, 5.41) is 13.3. The fraction of sp³-hybridized carbons (Fsp3) is 0.259. The number of hydrogen-bond acceptors (Lipinski definition) is 3. The Balaban J connectivity index is 1.71. The maximum Gasteiger partial charge on any atom is 0.168 e. The number of benzene rings is 3. The Kier molecular flexibility index (Phi) is 5.80. The number of aliphatic imine (C=N–C) groups is 1. The highest BCUT2D eigenvalue weighted by Crippen LogP contribution is 2.34. The first kappa shape index (κ1) is 20.1. The van der Waals surface area contributed by atoms with E-state index in [0.29, 0.717) is 24.8 Å². The van der Waals surface area contributed by atoms with Crippen LogP contribution in [0.2, 0.25) is 0 Å². The normalized spacial score (nSPS) is 20.2. The summed E-state index contributed by atoms with van der Waals surface area (Å²) >= 11 is 0. The lowest BCUT2D eigenvalue weighted by molar-refractivity contribution is -0.115. The van der Waals surface area contributed by atoms with E-state index in [9.17, 15) is 9.90 Å². The van der Waals surface area contributed by atoms with Crippen molar-refractivity contribution in [1.82, 2.24) is 0 Å². The van der Waals surface area contributed by atoms with E-state index in [1.807, 2.05) is 56.3 Å². The summed E-state index contributed by atoms with van der Waals surface area (Å²) in [6, 6.07) is 24.4. The number of carbonyl (C=O) groups excluding carboxylic acids is 1. The predicted octanol–water partition coefficient (Wildman–Crippen LogP) is 6.19. The van der Waals surface area contributed by atoms with Gasteiger partial charge in [-0.2, -0.15) is 0 Å². The average molecular weight is 398 g/mol. The van der Waals surface area contributed by atoms with Crippen LogP contribution in [-0.2, 0) is 11.2 Å². The third kappa shape index (κ3) is 4.20. The van der Waals surface area contributed by atoms with Crippen molar-refractivity contribution >= 4 is 22.3 Å². The van der Waals surface area contributed by atoms with Crippen LogP contribution in [0.25, 0.3) is 10.8 Å². The molecule has 0 radical (unpaired) electrons. The van der Waals surface area contributed by atoms with Crippen LogP contribution in [0.4, 0.5) is 0 Å². The summed E-state index contributed by atoms with van der Waals surface area (Å²) in [5.74, 6) is 0.208. The van der Waals surface area contributed by atoms with Crippen molar-refractivity contribution < 1.29 is 9.90 Å². The van der Waals surface area contributed by atoms with Crippen molar-refractivity contribution in [1.29, 1.82) is 0 Å². The number of rotatable bonds is 4. The molecule has 3 heteroatoms. The number of hydrogen-bond donors (Lipinski definition) is 1. The van der Waals surface area contributed by atoms with Crippen molar-refractivity contribution in [3.05, 3.63) is 95.3 Å². The van der Waals surface area contributed by atoms with Gasteiger partial charge < -0.3 is 5.11 Å². The largest absolute Gasteiger partial charge is 0.511 e. The quantitative estimate of drug-likeness (QED) is 0.421. The van der Waals surface area contributed by atoms with Crippen molar-refractivity contribution in [3.63, 3.8) is 0 Å². The Morgan fingerprint density at radius 2 is 1.67 bits per heavy atom. The number of allylic oxidation sites excluding steroid dienone is 2. The summed E-state index contributed by atoms with van der Waals surface area (Å²) in [7, 11) is 0. The van der Waals surface area contributed by atoms with Crippen LogP contribution in [-0.4, -0.2) is 22.6 Å². The van der Waals surface area contributed by atoms with Gasteiger partial charge in [0.1, 0.15) is 5.76 Å². The number of Topliss-reactive ketones (excluding diaryl/α,β-unsaturated/α-hetero) is 1. The maximum atomic E-state index is 13.2. The molecule has 3 nitrogen and oxygen atoms in total. The average Bonchev–Trinajstić information content (AvgIpc) is 2.74. The van der Waals surface area contributed by atoms with E-state index in [1.54, 1.807) is 0 Å². The SMILES string of the molecule is CC(C)N=C1CC(c2ccccc2)CC(=O)/C1=C(\O)Cc1cccc2ccccc12. The van der Waals surface area contributed by atoms with Gasteiger partial charge in [-0.1, -0.05) is 72.8 Å². The zero-order valence-electron chi connectivity index (χ0n) is 17.5. The zero-order chi connectivity index (χ0) is 21.1. The van der Waals surface area contributed by atoms with Crippen molar-refractivity contribution in [2.45, 2.75) is 45.1 Å². The molecule has 4 rings (SSSR count). The highest BCUT2D eigenvalue weighted by molar-refractivity contribution is 6.24. The third-order valence-corrected chi connectivity index (χ3v) is 5.65. The lowest BCUT2D eigenvalue weighted by atomic mass is 9.78. The van der Waals surface area contributed by atoms with Gasteiger partial charge in [0, 0.05) is 24.6 Å². The van der Waals surface area contributed by atoms with E-state index < -0.39 is 0 Å². The molecule has 0 saturated heterocycles. The van der Waals surface area contributed by atoms with Crippen LogP contribution in [0.5, 0.6) is 0 Å². The number of fused-ring (bicyclic) bond motifs is 1. The van der Waals surface area contributed by atoms with E-state index in [2.05, 4.69) is 30.3 Å². The van der Waals surface area contributed by atoms with Crippen molar-refractivity contribution in [2.75, 3.05) is 0 Å². The monoisotopic (exact) mass is 397 g/mol. The fourth-order valence-electron chi connectivity index (χ4n) is 4.33. The van der Waals surface area contributed by atoms with Crippen molar-refractivity contribution in [2.24, 2.45) is 4.99 Å². The second-order valence-electron chi connectivity index (χ2n) is 8.25. The zero-order valence-corrected chi connectivity index (χ0v) is 17.5. The summed E-state index contributed by atoms with van der Waals surface area (Å²) in [6.45, 7) is 4.01. The third-order valence-electron chi connectivity index (χ3n) is 5.65. The van der Waals surface area contributed by atoms with Crippen LogP contribution < -0.4 is 0 Å². The van der Waals surface area contributed by atoms with E-state index >= 15 is 0 Å². The smallest absolute Gasteiger partial charge is 0.168 e. The Morgan fingerprint density at radius 1 is 0.967 bits per heavy atom. The minimum absolute atomic E-state index is 0.0211. The molecular formula is C27H27NO2. The number of aliphatic hydroxyl groups is 1. The Labute approximate surface area is 177 Å². The molecule has 1 atom stereocenters. The molecule has 3 aromatic carbocycles. The van der Waals surface area contributed by atoms with Gasteiger partial charge in [0.25, 0.3) is 0 Å². The fourth-order valence-corrected chi connectivity index (χ4v) is 4.33. The molecule has 1 N–H and O–H groups in total. The molecule has 1 aliphatic carbocycles. The molecule has 1 unspecified atom stereocenters. The van der Waals surface area contributed by atoms with Gasteiger partial charge in [-0.15, -0.1) is 0 Å². The van der Waals surface area contributed by atoms with Gasteiger partial charge in [-0.05, 0) is 48.1 Å². The molecule has 152 valence electrons. The molecule has 1 fully saturated rings. The topological polar surface area (TPSA) is 49.7 Å². The maximum absolute atomic E-state index is 13.2. The van der Waals surface area contributed by atoms with Gasteiger partial charge in [0.2, 0.25) is 0 Å². The molecule has 0 heterocycles. The van der Waals surface area contributed by atoms with Crippen molar-refractivity contribution in [3.8, 4) is 0 Å². The molecule has 0 bridgehead atoms. The molecule has 3 aromatic rings. The number of ketones is 1. The molecule has 0 aromatic heterocycles. The predicted molar refractivity (Wildman–Crippen MR) is 123 cm³/mol. The first-order valence-corrected chi connectivity index (χ1v) is 10.6. The minimum atomic E-state index is -0.0211. The molecule has 1 saturated carbocycles. The van der Waals surface area contributed by atoms with Gasteiger partial charge in [0.15, 0.2) is 5.78 Å². The number of nitrogens with zero attached hydrogens (tertiary/aromatic N) is 1. The first-order valence-electron chi connectivity index (χ1n) is 10.6. The lowest BCUT2D eigenvalue weighted by Crippen LogP contribution is -2.27. The minimum Gasteiger partial charge on any atom is -0.511 e. The highest BCUT2D eigenvalue weighted by atomic mass is 16.3. The number of aliphatic hydroxyl groups excluding tert-OH is 1.